The van der Waals surface area contributed by atoms with Crippen molar-refractivity contribution < 1.29 is 9.59 Å². The molecular formula is C14H24N4O2S2. The molecule has 0 aromatic carbocycles. The van der Waals surface area contributed by atoms with Gasteiger partial charge < -0.3 is 21.3 Å². The first-order chi connectivity index (χ1) is 10.3. The molecule has 2 saturated heterocycles. The predicted octanol–water partition coefficient (Wildman–Crippen LogP) is 0.0668. The molecule has 2 aliphatic rings. The first kappa shape index (κ1) is 17.5. The Morgan fingerprint density at radius 3 is 2.82 bits per heavy atom. The monoisotopic (exact) mass is 344 g/mol. The average Bonchev–Trinajstić information content (AvgIpc) is 2.60. The lowest BCUT2D eigenvalue weighted by Crippen LogP contribution is -2.56. The maximum Gasteiger partial charge on any atom is 0.246 e. The highest BCUT2D eigenvalue weighted by Gasteiger charge is 2.53. The predicted molar refractivity (Wildman–Crippen MR) is 92.5 cm³/mol. The molecular weight excluding hydrogens is 320 g/mol. The van der Waals surface area contributed by atoms with Crippen LogP contribution in [0.1, 0.15) is 26.7 Å². The number of nitrogens with one attached hydrogen (secondary N) is 2. The van der Waals surface area contributed by atoms with Gasteiger partial charge in [0, 0.05) is 6.54 Å². The molecule has 6 nitrogen and oxygen atoms in total. The van der Waals surface area contributed by atoms with Gasteiger partial charge in [-0.15, -0.1) is 11.8 Å². The lowest BCUT2D eigenvalue weighted by atomic mass is 9.84. The summed E-state index contributed by atoms with van der Waals surface area (Å²) >= 11 is 6.96. The van der Waals surface area contributed by atoms with Gasteiger partial charge in [-0.25, -0.2) is 0 Å². The van der Waals surface area contributed by atoms with Crippen molar-refractivity contribution in [2.75, 3.05) is 19.3 Å². The van der Waals surface area contributed by atoms with Gasteiger partial charge in [0.05, 0.1) is 10.4 Å². The van der Waals surface area contributed by atoms with Crippen LogP contribution < -0.4 is 16.4 Å². The fraction of sp³-hybridized carbons (Fsp3) is 0.786. The minimum absolute atomic E-state index is 0.0182. The Hall–Kier alpha value is -0.860. The Kier molecular flexibility index (Phi) is 5.34. The number of nitrogens with two attached hydrogens (primary N) is 1. The number of carbonyl (C=O) groups excluding carboxylic acids is 2. The van der Waals surface area contributed by atoms with Gasteiger partial charge in [0.1, 0.15) is 12.1 Å². The topological polar surface area (TPSA) is 87.5 Å². The van der Waals surface area contributed by atoms with Gasteiger partial charge in [0.2, 0.25) is 11.8 Å². The molecule has 1 unspecified atom stereocenters. The number of thiocarbonyl (C=S) groups is 1. The summed E-state index contributed by atoms with van der Waals surface area (Å²) in [5.41, 5.74) is 5.29. The molecule has 0 spiro atoms. The van der Waals surface area contributed by atoms with Crippen LogP contribution in [0.3, 0.4) is 0 Å². The zero-order valence-electron chi connectivity index (χ0n) is 13.2. The molecule has 0 radical (unpaired) electrons. The van der Waals surface area contributed by atoms with Gasteiger partial charge in [-0.2, -0.15) is 0 Å². The highest BCUT2D eigenvalue weighted by molar-refractivity contribution is 7.99. The molecule has 124 valence electrons. The van der Waals surface area contributed by atoms with E-state index in [-0.39, 0.29) is 22.7 Å². The molecule has 22 heavy (non-hydrogen) atoms. The molecule has 2 aliphatic heterocycles. The lowest BCUT2D eigenvalue weighted by Gasteiger charge is -2.32. The third-order valence-electron chi connectivity index (χ3n) is 4.24. The average molecular weight is 345 g/mol. The third kappa shape index (κ3) is 3.38. The van der Waals surface area contributed by atoms with Gasteiger partial charge in [-0.3, -0.25) is 9.59 Å². The van der Waals surface area contributed by atoms with E-state index in [1.807, 2.05) is 13.8 Å². The molecule has 2 rings (SSSR count). The second-order valence-electron chi connectivity index (χ2n) is 6.51. The zero-order valence-corrected chi connectivity index (χ0v) is 14.9. The Balaban J connectivity index is 2.22. The highest BCUT2D eigenvalue weighted by atomic mass is 32.2. The first-order valence-electron chi connectivity index (χ1n) is 7.45. The number of hydrogen-bond acceptors (Lipinski definition) is 5. The van der Waals surface area contributed by atoms with E-state index in [1.54, 1.807) is 23.7 Å². The molecule has 2 amide bonds. The van der Waals surface area contributed by atoms with Crippen molar-refractivity contribution in [3.8, 4) is 0 Å². The van der Waals surface area contributed by atoms with Crippen molar-refractivity contribution in [1.29, 1.82) is 0 Å². The number of fused-ring (bicyclic) bond motifs is 1. The summed E-state index contributed by atoms with van der Waals surface area (Å²) in [5.74, 6) is 0.358. The summed E-state index contributed by atoms with van der Waals surface area (Å²) in [6.45, 7) is 4.53. The van der Waals surface area contributed by atoms with Crippen molar-refractivity contribution in [2.24, 2.45) is 11.1 Å². The number of hydrogen-bond donors (Lipinski definition) is 3. The largest absolute Gasteiger partial charge is 0.368 e. The van der Waals surface area contributed by atoms with E-state index in [2.05, 4.69) is 10.6 Å². The van der Waals surface area contributed by atoms with E-state index < -0.39 is 11.9 Å². The number of thioether (sulfide) groups is 1. The molecule has 0 saturated carbocycles. The molecule has 3 atom stereocenters. The molecule has 2 heterocycles. The second kappa shape index (κ2) is 6.72. The number of likely N-dealkylation sites (N-methyl/N-ethyl adjacent to an activating group) is 1. The van der Waals surface area contributed by atoms with Gasteiger partial charge in [0.15, 0.2) is 0 Å². The van der Waals surface area contributed by atoms with E-state index in [0.717, 1.165) is 12.2 Å². The van der Waals surface area contributed by atoms with Gasteiger partial charge in [-0.1, -0.05) is 26.1 Å². The first-order valence-corrected chi connectivity index (χ1v) is 8.90. The smallest absolute Gasteiger partial charge is 0.246 e. The fourth-order valence-corrected chi connectivity index (χ4v) is 5.16. The fourth-order valence-electron chi connectivity index (χ4n) is 3.30. The maximum absolute atomic E-state index is 12.9. The Morgan fingerprint density at radius 2 is 2.23 bits per heavy atom. The number of rotatable bonds is 4. The van der Waals surface area contributed by atoms with Crippen molar-refractivity contribution in [3.05, 3.63) is 0 Å². The third-order valence-corrected chi connectivity index (χ3v) is 5.75. The number of nitrogens with zero attached hydrogens (tertiary/aromatic N) is 1. The standard InChI is InChI=1S/C14H24N4O2S2/c1-14(2)6-10-18(11(14)12(15)19)13(20)8(4-5-22-10)17-9(21)7-16-3/h8,10-11,16H,4-7H2,1-3H3,(H2,15,19)(H,17,21)/t8-,10?,11+/m0/s1. The van der Waals surface area contributed by atoms with Crippen molar-refractivity contribution in [3.63, 3.8) is 0 Å². The van der Waals surface area contributed by atoms with Gasteiger partial charge in [-0.05, 0) is 31.1 Å². The quantitative estimate of drug-likeness (QED) is 0.626. The molecule has 0 aliphatic carbocycles. The van der Waals surface area contributed by atoms with E-state index in [0.29, 0.717) is 18.0 Å². The number of amides is 2. The summed E-state index contributed by atoms with van der Waals surface area (Å²) in [6.07, 6.45) is 1.48. The summed E-state index contributed by atoms with van der Waals surface area (Å²) < 4.78 is 0. The highest BCUT2D eigenvalue weighted by Crippen LogP contribution is 2.45. The van der Waals surface area contributed by atoms with E-state index in [4.69, 9.17) is 18.0 Å². The Labute approximate surface area is 140 Å². The minimum Gasteiger partial charge on any atom is -0.368 e. The van der Waals surface area contributed by atoms with E-state index >= 15 is 0 Å². The van der Waals surface area contributed by atoms with Crippen LogP contribution in [0.4, 0.5) is 0 Å². The van der Waals surface area contributed by atoms with Crippen LogP contribution in [0.25, 0.3) is 0 Å². The van der Waals surface area contributed by atoms with Crippen LogP contribution in [-0.2, 0) is 9.59 Å². The van der Waals surface area contributed by atoms with E-state index in [1.165, 1.54) is 0 Å². The van der Waals surface area contributed by atoms with E-state index in [9.17, 15) is 9.59 Å². The molecule has 4 N–H and O–H groups in total. The van der Waals surface area contributed by atoms with Crippen molar-refractivity contribution in [2.45, 2.75) is 44.1 Å². The van der Waals surface area contributed by atoms with Crippen LogP contribution in [-0.4, -0.2) is 58.5 Å². The van der Waals surface area contributed by atoms with Crippen LogP contribution >= 0.6 is 24.0 Å². The van der Waals surface area contributed by atoms with Crippen molar-refractivity contribution >= 4 is 40.8 Å². The van der Waals surface area contributed by atoms with Crippen LogP contribution in [0.15, 0.2) is 0 Å². The molecule has 0 aromatic rings. The van der Waals surface area contributed by atoms with Gasteiger partial charge in [0.25, 0.3) is 0 Å². The second-order valence-corrected chi connectivity index (χ2v) is 8.29. The lowest BCUT2D eigenvalue weighted by molar-refractivity contribution is -0.141. The maximum atomic E-state index is 12.9. The van der Waals surface area contributed by atoms with Crippen LogP contribution in [0, 0.1) is 5.41 Å². The normalized spacial score (nSPS) is 30.6. The zero-order chi connectivity index (χ0) is 16.5. The molecule has 0 bridgehead atoms. The Bertz CT molecular complexity index is 483. The summed E-state index contributed by atoms with van der Waals surface area (Å²) in [4.78, 5) is 27.2. The molecule has 8 heteroatoms. The molecule has 0 aromatic heterocycles. The molecule has 2 fully saturated rings. The number of primary amides is 1. The summed E-state index contributed by atoms with van der Waals surface area (Å²) in [7, 11) is 1.81. The Morgan fingerprint density at radius 1 is 1.55 bits per heavy atom. The van der Waals surface area contributed by atoms with Gasteiger partial charge >= 0.3 is 0 Å². The SMILES string of the molecule is CNCC(=S)N[C@H]1CCSC2CC(C)(C)[C@@H](C(N)=O)N2C1=O. The van der Waals surface area contributed by atoms with Crippen LogP contribution in [0.5, 0.6) is 0 Å². The summed E-state index contributed by atoms with van der Waals surface area (Å²) in [6, 6.07) is -0.938. The number of carbonyl (C=O) groups is 2. The van der Waals surface area contributed by atoms with Crippen LogP contribution in [0.2, 0.25) is 0 Å². The van der Waals surface area contributed by atoms with Crippen molar-refractivity contribution in [1.82, 2.24) is 15.5 Å². The summed E-state index contributed by atoms with van der Waals surface area (Å²) in [5, 5.41) is 6.11. The minimum atomic E-state index is -0.558.